The Morgan fingerprint density at radius 1 is 1.38 bits per heavy atom. The molecule has 3 atom stereocenters. The maximum Gasteiger partial charge on any atom is 0.282 e. The zero-order chi connectivity index (χ0) is 15.7. The molecule has 1 saturated heterocycles. The first-order valence-corrected chi connectivity index (χ1v) is 7.06. The highest BCUT2D eigenvalue weighted by Crippen LogP contribution is 2.30. The van der Waals surface area contributed by atoms with E-state index in [1.165, 1.54) is 0 Å². The first-order chi connectivity index (χ1) is 9.81. The normalized spacial score (nSPS) is 25.7. The van der Waals surface area contributed by atoms with Crippen molar-refractivity contribution in [2.75, 3.05) is 6.54 Å². The predicted molar refractivity (Wildman–Crippen MR) is 76.5 cm³/mol. The van der Waals surface area contributed by atoms with Gasteiger partial charge in [-0.05, 0) is 37.3 Å². The molecule has 0 aromatic heterocycles. The fourth-order valence-corrected chi connectivity index (χ4v) is 2.98. The number of carbonyl (C=O) groups is 1. The van der Waals surface area contributed by atoms with Crippen molar-refractivity contribution in [2.45, 2.75) is 33.2 Å². The molecule has 1 aromatic rings. The largest absolute Gasteiger partial charge is 0.335 e. The zero-order valence-electron chi connectivity index (χ0n) is 12.4. The van der Waals surface area contributed by atoms with E-state index in [-0.39, 0.29) is 17.3 Å². The summed E-state index contributed by atoms with van der Waals surface area (Å²) in [7, 11) is 0. The van der Waals surface area contributed by atoms with Gasteiger partial charge in [0.15, 0.2) is 0 Å². The highest BCUT2D eigenvalue weighted by molar-refractivity contribution is 5.98. The van der Waals surface area contributed by atoms with E-state index >= 15 is 0 Å². The number of likely N-dealkylation sites (tertiary alicyclic amines) is 1. The molecular formula is C15H19FN2O3. The Kier molecular flexibility index (Phi) is 4.25. The third-order valence-electron chi connectivity index (χ3n) is 4.24. The van der Waals surface area contributed by atoms with Crippen LogP contribution in [0.5, 0.6) is 0 Å². The molecule has 3 unspecified atom stereocenters. The van der Waals surface area contributed by atoms with Crippen molar-refractivity contribution in [3.63, 3.8) is 0 Å². The summed E-state index contributed by atoms with van der Waals surface area (Å²) >= 11 is 0. The van der Waals surface area contributed by atoms with E-state index in [0.717, 1.165) is 24.6 Å². The summed E-state index contributed by atoms with van der Waals surface area (Å²) in [5.74, 6) is -0.472. The molecule has 0 bridgehead atoms. The van der Waals surface area contributed by atoms with Gasteiger partial charge < -0.3 is 4.90 Å². The maximum absolute atomic E-state index is 13.4. The number of halogens is 1. The molecular weight excluding hydrogens is 275 g/mol. The van der Waals surface area contributed by atoms with Crippen LogP contribution in [0.25, 0.3) is 0 Å². The zero-order valence-corrected chi connectivity index (χ0v) is 12.4. The first-order valence-electron chi connectivity index (χ1n) is 7.06. The molecule has 6 heteroatoms. The summed E-state index contributed by atoms with van der Waals surface area (Å²) < 4.78 is 13.4. The molecule has 21 heavy (non-hydrogen) atoms. The van der Waals surface area contributed by atoms with Gasteiger partial charge in [-0.25, -0.2) is 4.39 Å². The summed E-state index contributed by atoms with van der Waals surface area (Å²) in [6.07, 6.45) is 1.01. The fraction of sp³-hybridized carbons (Fsp3) is 0.533. The second-order valence-corrected chi connectivity index (χ2v) is 5.93. The number of rotatable bonds is 2. The van der Waals surface area contributed by atoms with Crippen LogP contribution in [0.2, 0.25) is 0 Å². The van der Waals surface area contributed by atoms with Crippen LogP contribution in [0, 0.1) is 27.8 Å². The summed E-state index contributed by atoms with van der Waals surface area (Å²) in [6, 6.07) is 2.98. The van der Waals surface area contributed by atoms with Crippen LogP contribution in [0.4, 0.5) is 10.1 Å². The number of nitro groups is 1. The van der Waals surface area contributed by atoms with Gasteiger partial charge in [-0.3, -0.25) is 14.9 Å². The monoisotopic (exact) mass is 294 g/mol. The molecule has 0 N–H and O–H groups in total. The lowest BCUT2D eigenvalue weighted by Gasteiger charge is -2.41. The van der Waals surface area contributed by atoms with Gasteiger partial charge in [-0.2, -0.15) is 0 Å². The van der Waals surface area contributed by atoms with Crippen molar-refractivity contribution in [1.29, 1.82) is 0 Å². The van der Waals surface area contributed by atoms with Crippen molar-refractivity contribution >= 4 is 11.6 Å². The van der Waals surface area contributed by atoms with E-state index in [0.29, 0.717) is 18.4 Å². The third-order valence-corrected chi connectivity index (χ3v) is 4.24. The summed E-state index contributed by atoms with van der Waals surface area (Å²) in [4.78, 5) is 24.7. The van der Waals surface area contributed by atoms with Gasteiger partial charge in [0, 0.05) is 18.7 Å². The molecule has 0 spiro atoms. The molecule has 114 valence electrons. The third kappa shape index (κ3) is 3.04. The van der Waals surface area contributed by atoms with Crippen molar-refractivity contribution in [1.82, 2.24) is 4.90 Å². The van der Waals surface area contributed by atoms with E-state index in [9.17, 15) is 19.3 Å². The van der Waals surface area contributed by atoms with Crippen LogP contribution in [-0.2, 0) is 0 Å². The predicted octanol–water partition coefficient (Wildman–Crippen LogP) is 3.24. The van der Waals surface area contributed by atoms with E-state index in [1.807, 2.05) is 13.8 Å². The Bertz CT molecular complexity index is 576. The molecule has 5 nitrogen and oxygen atoms in total. The van der Waals surface area contributed by atoms with Crippen LogP contribution in [0.1, 0.15) is 37.6 Å². The van der Waals surface area contributed by atoms with Crippen molar-refractivity contribution in [2.24, 2.45) is 11.8 Å². The lowest BCUT2D eigenvalue weighted by molar-refractivity contribution is -0.385. The van der Waals surface area contributed by atoms with Gasteiger partial charge in [-0.1, -0.05) is 13.8 Å². The van der Waals surface area contributed by atoms with Gasteiger partial charge in [0.25, 0.3) is 11.6 Å². The van der Waals surface area contributed by atoms with E-state index in [4.69, 9.17) is 0 Å². The molecule has 0 radical (unpaired) electrons. The standard InChI is InChI=1S/C15H19FN2O3/c1-9-6-10(2)11(3)17(8-9)15(19)13-7-12(16)4-5-14(13)18(20)21/h4-5,7,9-11H,6,8H2,1-3H3. The van der Waals surface area contributed by atoms with Gasteiger partial charge in [0.05, 0.1) is 4.92 Å². The van der Waals surface area contributed by atoms with Crippen LogP contribution in [0.3, 0.4) is 0 Å². The average molecular weight is 294 g/mol. The number of piperidine rings is 1. The molecule has 2 rings (SSSR count). The minimum Gasteiger partial charge on any atom is -0.335 e. The van der Waals surface area contributed by atoms with Crippen molar-refractivity contribution in [3.05, 3.63) is 39.7 Å². The Hall–Kier alpha value is -1.98. The molecule has 0 saturated carbocycles. The highest BCUT2D eigenvalue weighted by Gasteiger charge is 2.35. The number of carbonyl (C=O) groups excluding carboxylic acids is 1. The van der Waals surface area contributed by atoms with Gasteiger partial charge in [-0.15, -0.1) is 0 Å². The van der Waals surface area contributed by atoms with Crippen molar-refractivity contribution in [3.8, 4) is 0 Å². The molecule has 1 aliphatic heterocycles. The molecule has 1 fully saturated rings. The van der Waals surface area contributed by atoms with Gasteiger partial charge in [0.1, 0.15) is 11.4 Å². The number of amides is 1. The quantitative estimate of drug-likeness (QED) is 0.621. The maximum atomic E-state index is 13.4. The Balaban J connectivity index is 2.39. The Morgan fingerprint density at radius 3 is 2.67 bits per heavy atom. The molecule has 1 aliphatic rings. The number of hydrogen-bond donors (Lipinski definition) is 0. The Morgan fingerprint density at radius 2 is 2.05 bits per heavy atom. The minimum atomic E-state index is -0.645. The molecule has 1 heterocycles. The van der Waals surface area contributed by atoms with Crippen LogP contribution in [0.15, 0.2) is 18.2 Å². The van der Waals surface area contributed by atoms with E-state index in [1.54, 1.807) is 4.90 Å². The molecule has 0 aliphatic carbocycles. The number of hydrogen-bond acceptors (Lipinski definition) is 3. The SMILES string of the molecule is CC1CC(C)C(C)N(C(=O)c2cc(F)ccc2[N+](=O)[O-])C1. The second kappa shape index (κ2) is 5.79. The lowest BCUT2D eigenvalue weighted by atomic mass is 9.85. The topological polar surface area (TPSA) is 63.5 Å². The number of nitro benzene ring substituents is 1. The summed E-state index contributed by atoms with van der Waals surface area (Å²) in [6.45, 7) is 6.57. The average Bonchev–Trinajstić information content (AvgIpc) is 2.41. The molecule has 1 amide bonds. The fourth-order valence-electron chi connectivity index (χ4n) is 2.98. The van der Waals surface area contributed by atoms with Crippen LogP contribution in [-0.4, -0.2) is 28.3 Å². The number of benzene rings is 1. The first kappa shape index (κ1) is 15.4. The van der Waals surface area contributed by atoms with Gasteiger partial charge in [0.2, 0.25) is 0 Å². The smallest absolute Gasteiger partial charge is 0.282 e. The number of nitrogens with zero attached hydrogens (tertiary/aromatic N) is 2. The summed E-state index contributed by atoms with van der Waals surface area (Å²) in [5, 5.41) is 11.0. The summed E-state index contributed by atoms with van der Waals surface area (Å²) in [5.41, 5.74) is -0.521. The minimum absolute atomic E-state index is 0.0171. The van der Waals surface area contributed by atoms with Crippen molar-refractivity contribution < 1.29 is 14.1 Å². The van der Waals surface area contributed by atoms with E-state index in [2.05, 4.69) is 6.92 Å². The van der Waals surface area contributed by atoms with Crippen LogP contribution < -0.4 is 0 Å². The van der Waals surface area contributed by atoms with Gasteiger partial charge >= 0.3 is 0 Å². The highest BCUT2D eigenvalue weighted by atomic mass is 19.1. The van der Waals surface area contributed by atoms with Crippen LogP contribution >= 0.6 is 0 Å². The molecule has 1 aromatic carbocycles. The second-order valence-electron chi connectivity index (χ2n) is 5.93. The lowest BCUT2D eigenvalue weighted by Crippen LogP contribution is -2.49. The van der Waals surface area contributed by atoms with E-state index < -0.39 is 16.6 Å². The Labute approximate surface area is 122 Å².